The van der Waals surface area contributed by atoms with E-state index in [-0.39, 0.29) is 12.6 Å². The molecule has 0 aliphatic heterocycles. The Morgan fingerprint density at radius 2 is 1.75 bits per heavy atom. The van der Waals surface area contributed by atoms with Crippen molar-refractivity contribution in [1.29, 1.82) is 0 Å². The second-order valence-corrected chi connectivity index (χ2v) is 5.12. The van der Waals surface area contributed by atoms with E-state index in [0.717, 1.165) is 10.8 Å². The van der Waals surface area contributed by atoms with Crippen molar-refractivity contribution in [1.82, 2.24) is 5.32 Å². The number of hydrogen-bond acceptors (Lipinski definition) is 4. The Morgan fingerprint density at radius 3 is 2.50 bits per heavy atom. The molecule has 2 aromatic carbocycles. The number of nitrogens with one attached hydrogen (secondary N) is 1. The van der Waals surface area contributed by atoms with Crippen molar-refractivity contribution >= 4 is 10.8 Å². The average Bonchev–Trinajstić information content (AvgIpc) is 2.44. The zero-order valence-corrected chi connectivity index (χ0v) is 11.8. The molecule has 0 fully saturated rings. The molecule has 0 heterocycles. The molecule has 2 atom stereocenters. The molecular weight excluding hydrogens is 254 g/mol. The molecular formula is C16H21NO3. The lowest BCUT2D eigenvalue weighted by atomic mass is 10.1. The highest BCUT2D eigenvalue weighted by Crippen LogP contribution is 2.25. The largest absolute Gasteiger partial charge is 0.490 e. The lowest BCUT2D eigenvalue weighted by Crippen LogP contribution is -2.45. The molecule has 3 N–H and O–H groups in total. The standard InChI is InChI=1S/C16H21NO3/c1-11(2)17-16(19)14(18)10-20-15-9-5-7-12-6-3-4-8-13(12)15/h3-9,11,14,16-19H,10H2,1-2H3. The molecule has 0 radical (unpaired) electrons. The summed E-state index contributed by atoms with van der Waals surface area (Å²) in [5.74, 6) is 0.707. The molecule has 0 amide bonds. The molecule has 0 saturated heterocycles. The molecule has 0 aromatic heterocycles. The van der Waals surface area contributed by atoms with Crippen molar-refractivity contribution in [2.24, 2.45) is 0 Å². The van der Waals surface area contributed by atoms with Crippen molar-refractivity contribution in [3.63, 3.8) is 0 Å². The third kappa shape index (κ3) is 3.70. The minimum absolute atomic E-state index is 0.0366. The summed E-state index contributed by atoms with van der Waals surface area (Å²) < 4.78 is 5.63. The molecule has 20 heavy (non-hydrogen) atoms. The first-order valence-electron chi connectivity index (χ1n) is 6.80. The van der Waals surface area contributed by atoms with E-state index < -0.39 is 12.3 Å². The monoisotopic (exact) mass is 275 g/mol. The predicted molar refractivity (Wildman–Crippen MR) is 79.7 cm³/mol. The molecule has 2 unspecified atom stereocenters. The van der Waals surface area contributed by atoms with Gasteiger partial charge in [-0.2, -0.15) is 0 Å². The first-order chi connectivity index (χ1) is 9.58. The number of ether oxygens (including phenoxy) is 1. The van der Waals surface area contributed by atoms with E-state index in [1.54, 1.807) is 0 Å². The van der Waals surface area contributed by atoms with Gasteiger partial charge < -0.3 is 14.9 Å². The molecule has 2 aromatic rings. The smallest absolute Gasteiger partial charge is 0.134 e. The summed E-state index contributed by atoms with van der Waals surface area (Å²) >= 11 is 0. The highest BCUT2D eigenvalue weighted by Gasteiger charge is 2.17. The van der Waals surface area contributed by atoms with Gasteiger partial charge in [0.05, 0.1) is 0 Å². The number of aliphatic hydroxyl groups is 2. The van der Waals surface area contributed by atoms with Crippen LogP contribution in [-0.2, 0) is 0 Å². The van der Waals surface area contributed by atoms with E-state index in [9.17, 15) is 10.2 Å². The molecule has 4 heteroatoms. The summed E-state index contributed by atoms with van der Waals surface area (Å²) in [6.07, 6.45) is -1.97. The predicted octanol–water partition coefficient (Wildman–Crippen LogP) is 1.90. The van der Waals surface area contributed by atoms with Crippen LogP contribution in [-0.4, -0.2) is 35.2 Å². The van der Waals surface area contributed by atoms with Gasteiger partial charge >= 0.3 is 0 Å². The normalized spacial score (nSPS) is 14.4. The molecule has 0 spiro atoms. The number of hydrogen-bond donors (Lipinski definition) is 3. The van der Waals surface area contributed by atoms with Crippen LogP contribution in [0.25, 0.3) is 10.8 Å². The summed E-state index contributed by atoms with van der Waals surface area (Å²) in [7, 11) is 0. The van der Waals surface area contributed by atoms with Crippen LogP contribution in [0.4, 0.5) is 0 Å². The van der Waals surface area contributed by atoms with Crippen molar-refractivity contribution in [2.75, 3.05) is 6.61 Å². The minimum atomic E-state index is -0.995. The molecule has 4 nitrogen and oxygen atoms in total. The summed E-state index contributed by atoms with van der Waals surface area (Å²) in [6.45, 7) is 3.85. The van der Waals surface area contributed by atoms with E-state index in [1.807, 2.05) is 56.3 Å². The summed E-state index contributed by atoms with van der Waals surface area (Å²) in [6, 6.07) is 13.8. The lowest BCUT2D eigenvalue weighted by Gasteiger charge is -2.21. The topological polar surface area (TPSA) is 61.7 Å². The van der Waals surface area contributed by atoms with Crippen molar-refractivity contribution in [2.45, 2.75) is 32.2 Å². The van der Waals surface area contributed by atoms with Gasteiger partial charge in [0.2, 0.25) is 0 Å². The Hall–Kier alpha value is -1.62. The van der Waals surface area contributed by atoms with E-state index in [0.29, 0.717) is 5.75 Å². The van der Waals surface area contributed by atoms with E-state index in [4.69, 9.17) is 4.74 Å². The van der Waals surface area contributed by atoms with Gasteiger partial charge in [-0.25, -0.2) is 0 Å². The highest BCUT2D eigenvalue weighted by atomic mass is 16.5. The van der Waals surface area contributed by atoms with Crippen LogP contribution in [0, 0.1) is 0 Å². The van der Waals surface area contributed by atoms with E-state index in [2.05, 4.69) is 5.32 Å². The fraction of sp³-hybridized carbons (Fsp3) is 0.375. The van der Waals surface area contributed by atoms with Crippen LogP contribution >= 0.6 is 0 Å². The lowest BCUT2D eigenvalue weighted by molar-refractivity contribution is -0.0287. The van der Waals surface area contributed by atoms with Crippen LogP contribution in [0.3, 0.4) is 0 Å². The zero-order valence-electron chi connectivity index (χ0n) is 11.8. The van der Waals surface area contributed by atoms with Gasteiger partial charge in [0.15, 0.2) is 0 Å². The molecule has 108 valence electrons. The fourth-order valence-electron chi connectivity index (χ4n) is 2.04. The number of fused-ring (bicyclic) bond motifs is 1. The van der Waals surface area contributed by atoms with Gasteiger partial charge in [-0.1, -0.05) is 36.4 Å². The average molecular weight is 275 g/mol. The first-order valence-corrected chi connectivity index (χ1v) is 6.80. The first kappa shape index (κ1) is 14.8. The Kier molecular flexibility index (Phi) is 4.95. The van der Waals surface area contributed by atoms with Crippen LogP contribution in [0.2, 0.25) is 0 Å². The van der Waals surface area contributed by atoms with Gasteiger partial charge in [0, 0.05) is 11.4 Å². The third-order valence-corrected chi connectivity index (χ3v) is 3.03. The van der Waals surface area contributed by atoms with E-state index >= 15 is 0 Å². The van der Waals surface area contributed by atoms with Gasteiger partial charge in [-0.15, -0.1) is 0 Å². The Balaban J connectivity index is 2.02. The summed E-state index contributed by atoms with van der Waals surface area (Å²) in [5, 5.41) is 24.5. The van der Waals surface area contributed by atoms with Crippen molar-refractivity contribution in [3.8, 4) is 5.75 Å². The number of benzene rings is 2. The van der Waals surface area contributed by atoms with Crippen LogP contribution < -0.4 is 10.1 Å². The molecule has 0 aliphatic carbocycles. The van der Waals surface area contributed by atoms with Gasteiger partial charge in [0.25, 0.3) is 0 Å². The fourth-order valence-corrected chi connectivity index (χ4v) is 2.04. The highest BCUT2D eigenvalue weighted by molar-refractivity contribution is 5.88. The van der Waals surface area contributed by atoms with E-state index in [1.165, 1.54) is 0 Å². The van der Waals surface area contributed by atoms with Crippen LogP contribution in [0.15, 0.2) is 42.5 Å². The quantitative estimate of drug-likeness (QED) is 0.705. The molecule has 0 bridgehead atoms. The van der Waals surface area contributed by atoms with Gasteiger partial charge in [-0.05, 0) is 25.3 Å². The maximum atomic E-state index is 9.86. The maximum absolute atomic E-state index is 9.86. The van der Waals surface area contributed by atoms with Gasteiger partial charge in [0.1, 0.15) is 24.7 Å². The molecule has 2 rings (SSSR count). The second-order valence-electron chi connectivity index (χ2n) is 5.12. The maximum Gasteiger partial charge on any atom is 0.134 e. The Labute approximate surface area is 119 Å². The summed E-state index contributed by atoms with van der Waals surface area (Å²) in [4.78, 5) is 0. The number of aliphatic hydroxyl groups excluding tert-OH is 2. The zero-order chi connectivity index (χ0) is 14.5. The third-order valence-electron chi connectivity index (χ3n) is 3.03. The van der Waals surface area contributed by atoms with Crippen molar-refractivity contribution < 1.29 is 14.9 Å². The minimum Gasteiger partial charge on any atom is -0.490 e. The van der Waals surface area contributed by atoms with Gasteiger partial charge in [-0.3, -0.25) is 5.32 Å². The number of rotatable bonds is 6. The van der Waals surface area contributed by atoms with Crippen LogP contribution in [0.1, 0.15) is 13.8 Å². The second kappa shape index (κ2) is 6.70. The Bertz CT molecular complexity index is 551. The molecule has 0 aliphatic rings. The summed E-state index contributed by atoms with van der Waals surface area (Å²) in [5.41, 5.74) is 0. The molecule has 0 saturated carbocycles. The van der Waals surface area contributed by atoms with Crippen molar-refractivity contribution in [3.05, 3.63) is 42.5 Å². The SMILES string of the molecule is CC(C)NC(O)C(O)COc1cccc2ccccc12. The Morgan fingerprint density at radius 1 is 1.05 bits per heavy atom. The van der Waals surface area contributed by atoms with Crippen LogP contribution in [0.5, 0.6) is 5.75 Å².